The van der Waals surface area contributed by atoms with Gasteiger partial charge in [0.25, 0.3) is 5.91 Å². The van der Waals surface area contributed by atoms with Gasteiger partial charge in [-0.15, -0.1) is 0 Å². The molecule has 0 radical (unpaired) electrons. The maximum absolute atomic E-state index is 13.9. The van der Waals surface area contributed by atoms with Crippen molar-refractivity contribution in [1.29, 1.82) is 0 Å². The molecule has 2 heterocycles. The largest absolute Gasteiger partial charge is 0.338 e. The van der Waals surface area contributed by atoms with E-state index in [0.717, 1.165) is 12.0 Å². The standard InChI is InChI=1S/C22H23FN2O3/c1-28-25-20(26)10-11-22(25)12-14-24(15-13-22)21(27)17-8-6-16(7-9-17)18-4-2-3-5-19(18)23/h2-9H,10-15H2,1H3. The summed E-state index contributed by atoms with van der Waals surface area (Å²) in [6.45, 7) is 1.17. The van der Waals surface area contributed by atoms with Crippen molar-refractivity contribution in [3.8, 4) is 11.1 Å². The van der Waals surface area contributed by atoms with Gasteiger partial charge in [-0.3, -0.25) is 14.4 Å². The minimum absolute atomic E-state index is 0.0195. The smallest absolute Gasteiger partial charge is 0.253 e. The van der Waals surface area contributed by atoms with E-state index >= 15 is 0 Å². The van der Waals surface area contributed by atoms with E-state index in [1.54, 1.807) is 42.5 Å². The van der Waals surface area contributed by atoms with Crippen molar-refractivity contribution in [3.63, 3.8) is 0 Å². The van der Waals surface area contributed by atoms with Crippen molar-refractivity contribution in [3.05, 3.63) is 59.9 Å². The van der Waals surface area contributed by atoms with E-state index in [4.69, 9.17) is 4.84 Å². The Balaban J connectivity index is 1.45. The molecular formula is C22H23FN2O3. The van der Waals surface area contributed by atoms with E-state index in [9.17, 15) is 14.0 Å². The number of rotatable bonds is 3. The highest BCUT2D eigenvalue weighted by atomic mass is 19.1. The Morgan fingerprint density at radius 2 is 1.71 bits per heavy atom. The van der Waals surface area contributed by atoms with E-state index in [2.05, 4.69) is 0 Å². The lowest BCUT2D eigenvalue weighted by atomic mass is 9.85. The average molecular weight is 382 g/mol. The number of piperidine rings is 1. The molecule has 2 amide bonds. The molecule has 0 bridgehead atoms. The number of hydrogen-bond acceptors (Lipinski definition) is 3. The number of nitrogens with zero attached hydrogens (tertiary/aromatic N) is 2. The summed E-state index contributed by atoms with van der Waals surface area (Å²) in [7, 11) is 1.53. The quantitative estimate of drug-likeness (QED) is 0.814. The molecule has 5 nitrogen and oxygen atoms in total. The van der Waals surface area contributed by atoms with Crippen LogP contribution in [0.2, 0.25) is 0 Å². The SMILES string of the molecule is CON1C(=O)CCC12CCN(C(=O)c1ccc(-c3ccccc3F)cc1)CC2. The zero-order valence-electron chi connectivity index (χ0n) is 15.9. The number of carbonyl (C=O) groups excluding carboxylic acids is 2. The van der Waals surface area contributed by atoms with E-state index in [-0.39, 0.29) is 23.2 Å². The van der Waals surface area contributed by atoms with E-state index in [1.165, 1.54) is 18.2 Å². The number of amides is 2. The summed E-state index contributed by atoms with van der Waals surface area (Å²) in [5, 5.41) is 1.51. The van der Waals surface area contributed by atoms with Gasteiger partial charge in [0.05, 0.1) is 12.6 Å². The number of hydrogen-bond donors (Lipinski definition) is 0. The van der Waals surface area contributed by atoms with Crippen molar-refractivity contribution >= 4 is 11.8 Å². The summed E-state index contributed by atoms with van der Waals surface area (Å²) in [6, 6.07) is 13.6. The molecule has 28 heavy (non-hydrogen) atoms. The molecule has 1 spiro atoms. The molecule has 0 N–H and O–H groups in total. The maximum atomic E-state index is 13.9. The molecular weight excluding hydrogens is 359 g/mol. The van der Waals surface area contributed by atoms with Gasteiger partial charge in [-0.2, -0.15) is 0 Å². The number of hydroxylamine groups is 2. The van der Waals surface area contributed by atoms with Crippen molar-refractivity contribution in [2.75, 3.05) is 20.2 Å². The van der Waals surface area contributed by atoms with Gasteiger partial charge in [-0.1, -0.05) is 30.3 Å². The van der Waals surface area contributed by atoms with E-state index in [1.807, 2.05) is 4.90 Å². The third kappa shape index (κ3) is 3.18. The fourth-order valence-corrected chi connectivity index (χ4v) is 4.35. The first-order chi connectivity index (χ1) is 13.5. The Labute approximate surface area is 163 Å². The van der Waals surface area contributed by atoms with E-state index < -0.39 is 0 Å². The molecule has 0 unspecified atom stereocenters. The first-order valence-electron chi connectivity index (χ1n) is 9.55. The van der Waals surface area contributed by atoms with Crippen LogP contribution in [0.3, 0.4) is 0 Å². The van der Waals surface area contributed by atoms with Crippen LogP contribution in [0.5, 0.6) is 0 Å². The molecule has 0 aliphatic carbocycles. The van der Waals surface area contributed by atoms with Gasteiger partial charge >= 0.3 is 0 Å². The maximum Gasteiger partial charge on any atom is 0.253 e. The van der Waals surface area contributed by atoms with Crippen LogP contribution in [0, 0.1) is 5.82 Å². The van der Waals surface area contributed by atoms with E-state index in [0.29, 0.717) is 43.5 Å². The highest BCUT2D eigenvalue weighted by Crippen LogP contribution is 2.39. The Hall–Kier alpha value is -2.73. The lowest BCUT2D eigenvalue weighted by molar-refractivity contribution is -0.201. The van der Waals surface area contributed by atoms with Crippen LogP contribution in [0.25, 0.3) is 11.1 Å². The Kier molecular flexibility index (Phi) is 4.89. The fourth-order valence-electron chi connectivity index (χ4n) is 4.35. The first-order valence-corrected chi connectivity index (χ1v) is 9.55. The van der Waals surface area contributed by atoms with Crippen molar-refractivity contribution in [1.82, 2.24) is 9.96 Å². The molecule has 2 aromatic carbocycles. The molecule has 2 aliphatic rings. The minimum Gasteiger partial charge on any atom is -0.338 e. The molecule has 0 aromatic heterocycles. The predicted octanol–water partition coefficient (Wildman–Crippen LogP) is 3.65. The van der Waals surface area contributed by atoms with Crippen LogP contribution in [0.15, 0.2) is 48.5 Å². The van der Waals surface area contributed by atoms with Crippen molar-refractivity contribution in [2.45, 2.75) is 31.2 Å². The summed E-state index contributed by atoms with van der Waals surface area (Å²) < 4.78 is 13.9. The summed E-state index contributed by atoms with van der Waals surface area (Å²) >= 11 is 0. The predicted molar refractivity (Wildman–Crippen MR) is 103 cm³/mol. The van der Waals surface area contributed by atoms with Gasteiger partial charge in [0.15, 0.2) is 0 Å². The van der Waals surface area contributed by atoms with Gasteiger partial charge < -0.3 is 4.90 Å². The van der Waals surface area contributed by atoms with Crippen molar-refractivity contribution < 1.29 is 18.8 Å². The number of likely N-dealkylation sites (tertiary alicyclic amines) is 1. The topological polar surface area (TPSA) is 49.9 Å². The third-order valence-electron chi connectivity index (χ3n) is 5.94. The molecule has 2 saturated heterocycles. The van der Waals surface area contributed by atoms with Gasteiger partial charge in [-0.05, 0) is 43.0 Å². The van der Waals surface area contributed by atoms with Crippen LogP contribution in [0.1, 0.15) is 36.0 Å². The molecule has 2 aromatic rings. The second-order valence-electron chi connectivity index (χ2n) is 7.44. The molecule has 2 fully saturated rings. The highest BCUT2D eigenvalue weighted by molar-refractivity contribution is 5.95. The van der Waals surface area contributed by atoms with Gasteiger partial charge in [0.2, 0.25) is 5.91 Å². The second kappa shape index (κ2) is 7.36. The molecule has 2 aliphatic heterocycles. The molecule has 0 atom stereocenters. The zero-order chi connectivity index (χ0) is 19.7. The Bertz CT molecular complexity index is 889. The van der Waals surface area contributed by atoms with Crippen LogP contribution in [-0.2, 0) is 9.63 Å². The summed E-state index contributed by atoms with van der Waals surface area (Å²) in [4.78, 5) is 32.0. The number of carbonyl (C=O) groups is 2. The first kappa shape index (κ1) is 18.6. The van der Waals surface area contributed by atoms with Crippen LogP contribution < -0.4 is 0 Å². The number of halogens is 1. The zero-order valence-corrected chi connectivity index (χ0v) is 15.9. The lowest BCUT2D eigenvalue weighted by Crippen LogP contribution is -2.53. The van der Waals surface area contributed by atoms with Gasteiger partial charge in [-0.25, -0.2) is 9.45 Å². The van der Waals surface area contributed by atoms with Crippen LogP contribution >= 0.6 is 0 Å². The summed E-state index contributed by atoms with van der Waals surface area (Å²) in [5.74, 6) is -0.300. The average Bonchev–Trinajstić information content (AvgIpc) is 3.03. The summed E-state index contributed by atoms with van der Waals surface area (Å²) in [5.41, 5.74) is 1.57. The van der Waals surface area contributed by atoms with Gasteiger partial charge in [0.1, 0.15) is 5.82 Å². The number of benzene rings is 2. The Morgan fingerprint density at radius 3 is 2.36 bits per heavy atom. The minimum atomic E-state index is -0.281. The van der Waals surface area contributed by atoms with Crippen LogP contribution in [0.4, 0.5) is 4.39 Å². The third-order valence-corrected chi connectivity index (χ3v) is 5.94. The Morgan fingerprint density at radius 1 is 1.04 bits per heavy atom. The monoisotopic (exact) mass is 382 g/mol. The van der Waals surface area contributed by atoms with Gasteiger partial charge in [0, 0.05) is 30.6 Å². The second-order valence-corrected chi connectivity index (χ2v) is 7.44. The molecule has 4 rings (SSSR count). The normalized spacial score (nSPS) is 18.7. The lowest BCUT2D eigenvalue weighted by Gasteiger charge is -2.43. The van der Waals surface area contributed by atoms with Crippen molar-refractivity contribution in [2.24, 2.45) is 0 Å². The molecule has 0 saturated carbocycles. The molecule has 6 heteroatoms. The van der Waals surface area contributed by atoms with Crippen LogP contribution in [-0.4, -0.2) is 47.5 Å². The fraction of sp³-hybridized carbons (Fsp3) is 0.364. The highest BCUT2D eigenvalue weighted by Gasteiger charge is 2.48. The summed E-state index contributed by atoms with van der Waals surface area (Å²) in [6.07, 6.45) is 2.70. The molecule has 146 valence electrons.